The molecule has 0 unspecified atom stereocenters. The number of carbonyl (C=O) groups excluding carboxylic acids is 1. The first-order valence-corrected chi connectivity index (χ1v) is 10.2. The first kappa shape index (κ1) is 20.7. The molecule has 8 heteroatoms. The lowest BCUT2D eigenvalue weighted by molar-refractivity contribution is -0.386. The zero-order chi connectivity index (χ0) is 21.0. The minimum atomic E-state index is -0.444. The van der Waals surface area contributed by atoms with Crippen molar-refractivity contribution in [3.8, 4) is 0 Å². The van der Waals surface area contributed by atoms with Crippen LogP contribution >= 0.6 is 11.3 Å². The fourth-order valence-corrected chi connectivity index (χ4v) is 4.20. The molecule has 1 aromatic carbocycles. The summed E-state index contributed by atoms with van der Waals surface area (Å²) < 4.78 is 1.44. The highest BCUT2D eigenvalue weighted by Crippen LogP contribution is 2.22. The van der Waals surface area contributed by atoms with Gasteiger partial charge in [-0.15, -0.1) is 11.3 Å². The average Bonchev–Trinajstić information content (AvgIpc) is 3.21. The van der Waals surface area contributed by atoms with Crippen LogP contribution in [0.5, 0.6) is 0 Å². The van der Waals surface area contributed by atoms with E-state index in [0.717, 1.165) is 16.9 Å². The Morgan fingerprint density at radius 3 is 2.48 bits per heavy atom. The number of hydrogen-bond acceptors (Lipinski definition) is 5. The van der Waals surface area contributed by atoms with Gasteiger partial charge < -0.3 is 4.90 Å². The summed E-state index contributed by atoms with van der Waals surface area (Å²) in [6.45, 7) is 6.34. The largest absolute Gasteiger partial charge is 0.336 e. The van der Waals surface area contributed by atoms with Gasteiger partial charge in [0, 0.05) is 16.3 Å². The van der Waals surface area contributed by atoms with E-state index in [4.69, 9.17) is 0 Å². The van der Waals surface area contributed by atoms with Crippen molar-refractivity contribution in [1.82, 2.24) is 14.7 Å². The van der Waals surface area contributed by atoms with E-state index < -0.39 is 4.92 Å². The van der Waals surface area contributed by atoms with Crippen LogP contribution in [0, 0.1) is 30.9 Å². The first-order chi connectivity index (χ1) is 13.8. The van der Waals surface area contributed by atoms with Gasteiger partial charge in [0.25, 0.3) is 0 Å². The summed E-state index contributed by atoms with van der Waals surface area (Å²) in [5.74, 6) is -0.104. The normalized spacial score (nSPS) is 10.9. The summed E-state index contributed by atoms with van der Waals surface area (Å²) in [5.41, 5.74) is 1.86. The number of aromatic nitrogens is 2. The van der Waals surface area contributed by atoms with Crippen molar-refractivity contribution in [3.63, 3.8) is 0 Å². The van der Waals surface area contributed by atoms with Crippen molar-refractivity contribution < 1.29 is 9.72 Å². The smallest absolute Gasteiger partial charge is 0.312 e. The SMILES string of the molecule is Cc1ccc(CN(CCc2ccccc2)C(=O)Cn2nc(C)c([N+](=O)[O-])c2C)s1. The van der Waals surface area contributed by atoms with Crippen molar-refractivity contribution in [2.75, 3.05) is 6.54 Å². The number of amides is 1. The number of benzene rings is 1. The van der Waals surface area contributed by atoms with Gasteiger partial charge in [-0.3, -0.25) is 19.6 Å². The molecule has 0 aliphatic carbocycles. The molecule has 1 amide bonds. The fourth-order valence-electron chi connectivity index (χ4n) is 3.29. The zero-order valence-corrected chi connectivity index (χ0v) is 17.6. The highest BCUT2D eigenvalue weighted by molar-refractivity contribution is 7.11. The van der Waals surface area contributed by atoms with E-state index in [2.05, 4.69) is 5.10 Å². The number of nitrogens with zero attached hydrogens (tertiary/aromatic N) is 4. The number of nitro groups is 1. The van der Waals surface area contributed by atoms with Gasteiger partial charge in [0.05, 0.1) is 11.5 Å². The Hall–Kier alpha value is -3.00. The zero-order valence-electron chi connectivity index (χ0n) is 16.8. The Kier molecular flexibility index (Phi) is 6.43. The third-order valence-corrected chi connectivity index (χ3v) is 5.80. The molecule has 29 heavy (non-hydrogen) atoms. The van der Waals surface area contributed by atoms with Crippen LogP contribution in [-0.4, -0.2) is 32.1 Å². The quantitative estimate of drug-likeness (QED) is 0.413. The fraction of sp³-hybridized carbons (Fsp3) is 0.333. The Balaban J connectivity index is 1.78. The predicted octanol–water partition coefficient (Wildman–Crippen LogP) is 4.05. The van der Waals surface area contributed by atoms with E-state index in [1.54, 1.807) is 30.1 Å². The second-order valence-corrected chi connectivity index (χ2v) is 8.37. The van der Waals surface area contributed by atoms with Crippen LogP contribution in [0.3, 0.4) is 0 Å². The van der Waals surface area contributed by atoms with E-state index in [-0.39, 0.29) is 18.1 Å². The maximum Gasteiger partial charge on any atom is 0.312 e. The average molecular weight is 413 g/mol. The Bertz CT molecular complexity index is 1010. The van der Waals surface area contributed by atoms with Crippen molar-refractivity contribution in [2.45, 2.75) is 40.3 Å². The Morgan fingerprint density at radius 2 is 1.90 bits per heavy atom. The van der Waals surface area contributed by atoms with E-state index in [9.17, 15) is 14.9 Å². The standard InChI is InChI=1S/C21H24N4O3S/c1-15-9-10-19(29-15)13-23(12-11-18-7-5-4-6-8-18)20(26)14-24-17(3)21(25(27)28)16(2)22-24/h4-10H,11-14H2,1-3H3. The van der Waals surface area contributed by atoms with Gasteiger partial charge in [0.15, 0.2) is 0 Å². The Labute approximate surface area is 173 Å². The van der Waals surface area contributed by atoms with Crippen LogP contribution in [0.4, 0.5) is 5.69 Å². The minimum Gasteiger partial charge on any atom is -0.336 e. The lowest BCUT2D eigenvalue weighted by Gasteiger charge is -2.22. The molecule has 0 N–H and O–H groups in total. The molecule has 0 radical (unpaired) electrons. The topological polar surface area (TPSA) is 81.3 Å². The van der Waals surface area contributed by atoms with Gasteiger partial charge >= 0.3 is 5.69 Å². The summed E-state index contributed by atoms with van der Waals surface area (Å²) >= 11 is 1.67. The van der Waals surface area contributed by atoms with Gasteiger partial charge in [-0.25, -0.2) is 0 Å². The molecule has 0 aliphatic heterocycles. The highest BCUT2D eigenvalue weighted by Gasteiger charge is 2.24. The highest BCUT2D eigenvalue weighted by atomic mass is 32.1. The summed E-state index contributed by atoms with van der Waals surface area (Å²) in [4.78, 5) is 28.0. The molecule has 2 heterocycles. The van der Waals surface area contributed by atoms with Crippen molar-refractivity contribution >= 4 is 22.9 Å². The summed E-state index contributed by atoms with van der Waals surface area (Å²) in [7, 11) is 0. The predicted molar refractivity (Wildman–Crippen MR) is 113 cm³/mol. The van der Waals surface area contributed by atoms with Crippen LogP contribution < -0.4 is 0 Å². The molecule has 3 aromatic rings. The van der Waals surface area contributed by atoms with Gasteiger partial charge in [-0.2, -0.15) is 5.10 Å². The molecule has 0 spiro atoms. The molecule has 152 valence electrons. The number of rotatable bonds is 8. The van der Waals surface area contributed by atoms with E-state index >= 15 is 0 Å². The molecule has 7 nitrogen and oxygen atoms in total. The second-order valence-electron chi connectivity index (χ2n) is 7.00. The number of hydrogen-bond donors (Lipinski definition) is 0. The summed E-state index contributed by atoms with van der Waals surface area (Å²) in [5, 5.41) is 15.5. The van der Waals surface area contributed by atoms with Crippen LogP contribution in [-0.2, 0) is 24.3 Å². The molecule has 0 fully saturated rings. The molecule has 0 saturated carbocycles. The summed E-state index contributed by atoms with van der Waals surface area (Å²) in [6, 6.07) is 14.1. The van der Waals surface area contributed by atoms with Gasteiger partial charge in [0.1, 0.15) is 17.9 Å². The summed E-state index contributed by atoms with van der Waals surface area (Å²) in [6.07, 6.45) is 0.744. The lowest BCUT2D eigenvalue weighted by atomic mass is 10.1. The number of thiophene rings is 1. The van der Waals surface area contributed by atoms with Gasteiger partial charge in [-0.05, 0) is 44.9 Å². The molecule has 0 saturated heterocycles. The van der Waals surface area contributed by atoms with Gasteiger partial charge in [-0.1, -0.05) is 30.3 Å². The molecule has 2 aromatic heterocycles. The molecule has 0 atom stereocenters. The third-order valence-electron chi connectivity index (χ3n) is 4.82. The first-order valence-electron chi connectivity index (χ1n) is 9.40. The maximum absolute atomic E-state index is 13.1. The van der Waals surface area contributed by atoms with Crippen LogP contribution in [0.2, 0.25) is 0 Å². The van der Waals surface area contributed by atoms with Crippen LogP contribution in [0.1, 0.15) is 26.7 Å². The van der Waals surface area contributed by atoms with Crippen LogP contribution in [0.25, 0.3) is 0 Å². The second kappa shape index (κ2) is 9.00. The van der Waals surface area contributed by atoms with E-state index in [0.29, 0.717) is 24.5 Å². The maximum atomic E-state index is 13.1. The lowest BCUT2D eigenvalue weighted by Crippen LogP contribution is -2.35. The van der Waals surface area contributed by atoms with E-state index in [1.165, 1.54) is 9.56 Å². The number of carbonyl (C=O) groups is 1. The van der Waals surface area contributed by atoms with Crippen molar-refractivity contribution in [2.24, 2.45) is 0 Å². The van der Waals surface area contributed by atoms with Gasteiger partial charge in [0.2, 0.25) is 5.91 Å². The van der Waals surface area contributed by atoms with Crippen molar-refractivity contribution in [3.05, 3.63) is 79.3 Å². The molecular formula is C21H24N4O3S. The molecule has 0 aliphatic rings. The molecule has 3 rings (SSSR count). The molecule has 0 bridgehead atoms. The monoisotopic (exact) mass is 412 g/mol. The molecular weight excluding hydrogens is 388 g/mol. The van der Waals surface area contributed by atoms with Crippen molar-refractivity contribution in [1.29, 1.82) is 0 Å². The third kappa shape index (κ3) is 5.08. The van der Waals surface area contributed by atoms with Crippen LogP contribution in [0.15, 0.2) is 42.5 Å². The number of aryl methyl sites for hydroxylation is 2. The Morgan fingerprint density at radius 1 is 1.17 bits per heavy atom. The minimum absolute atomic E-state index is 0.0142. The van der Waals surface area contributed by atoms with E-state index in [1.807, 2.05) is 49.4 Å².